The number of benzene rings is 1. The van der Waals surface area contributed by atoms with Crippen LogP contribution in [0.4, 0.5) is 16.2 Å². The zero-order chi connectivity index (χ0) is 17.3. The van der Waals surface area contributed by atoms with Crippen molar-refractivity contribution in [2.24, 2.45) is 11.3 Å². The van der Waals surface area contributed by atoms with E-state index in [1.165, 1.54) is 0 Å². The fourth-order valence-corrected chi connectivity index (χ4v) is 2.69. The Hall–Kier alpha value is -1.46. The summed E-state index contributed by atoms with van der Waals surface area (Å²) in [5, 5.41) is 5.38. The van der Waals surface area contributed by atoms with Crippen molar-refractivity contribution in [3.05, 3.63) is 24.3 Å². The van der Waals surface area contributed by atoms with Gasteiger partial charge in [0.05, 0.1) is 12.0 Å². The number of hydrogen-bond acceptors (Lipinski definition) is 3. The minimum absolute atomic E-state index is 0.248. The van der Waals surface area contributed by atoms with Crippen LogP contribution in [0.15, 0.2) is 24.3 Å². The van der Waals surface area contributed by atoms with E-state index >= 15 is 0 Å². The number of amides is 2. The molecule has 0 saturated heterocycles. The summed E-state index contributed by atoms with van der Waals surface area (Å²) in [5.41, 5.74) is 0.282. The van der Waals surface area contributed by atoms with Crippen LogP contribution < -0.4 is 10.6 Å². The van der Waals surface area contributed by atoms with Gasteiger partial charge >= 0.3 is 6.09 Å². The van der Waals surface area contributed by atoms with Gasteiger partial charge in [0.25, 0.3) is 0 Å². The van der Waals surface area contributed by atoms with E-state index in [0.717, 1.165) is 0 Å². The van der Waals surface area contributed by atoms with E-state index in [0.29, 0.717) is 24.4 Å². The monoisotopic (exact) mass is 358 g/mol. The predicted molar refractivity (Wildman–Crippen MR) is 92.0 cm³/mol. The van der Waals surface area contributed by atoms with E-state index in [-0.39, 0.29) is 11.8 Å². The molecule has 1 saturated carbocycles. The van der Waals surface area contributed by atoms with E-state index in [4.69, 9.17) is 27.9 Å². The molecule has 1 fully saturated rings. The highest BCUT2D eigenvalue weighted by atomic mass is 35.5. The first-order valence-corrected chi connectivity index (χ1v) is 8.13. The maximum Gasteiger partial charge on any atom is 0.411 e. The second-order valence-electron chi connectivity index (χ2n) is 6.37. The Kier molecular flexibility index (Phi) is 5.11. The minimum Gasteiger partial charge on any atom is -0.449 e. The quantitative estimate of drug-likeness (QED) is 0.765. The molecule has 0 radical (unpaired) electrons. The van der Waals surface area contributed by atoms with Crippen molar-refractivity contribution in [3.8, 4) is 0 Å². The maximum atomic E-state index is 12.2. The van der Waals surface area contributed by atoms with Crippen LogP contribution in [0, 0.1) is 11.3 Å². The van der Waals surface area contributed by atoms with E-state index in [9.17, 15) is 9.59 Å². The topological polar surface area (TPSA) is 67.4 Å². The number of carbonyl (C=O) groups is 2. The van der Waals surface area contributed by atoms with Gasteiger partial charge < -0.3 is 10.1 Å². The van der Waals surface area contributed by atoms with E-state index in [2.05, 4.69) is 10.6 Å². The average molecular weight is 359 g/mol. The molecule has 5 nitrogen and oxygen atoms in total. The molecular weight excluding hydrogens is 339 g/mol. The first-order valence-electron chi connectivity index (χ1n) is 7.37. The van der Waals surface area contributed by atoms with Crippen molar-refractivity contribution in [2.45, 2.75) is 31.5 Å². The molecule has 23 heavy (non-hydrogen) atoms. The molecule has 0 heterocycles. The van der Waals surface area contributed by atoms with Crippen LogP contribution in [-0.2, 0) is 9.53 Å². The average Bonchev–Trinajstić information content (AvgIpc) is 2.97. The van der Waals surface area contributed by atoms with Gasteiger partial charge in [-0.3, -0.25) is 10.1 Å². The third kappa shape index (κ3) is 4.30. The number of alkyl halides is 2. The Morgan fingerprint density at radius 2 is 1.83 bits per heavy atom. The third-order valence-electron chi connectivity index (χ3n) is 3.67. The van der Waals surface area contributed by atoms with Crippen molar-refractivity contribution >= 4 is 46.6 Å². The largest absolute Gasteiger partial charge is 0.449 e. The molecule has 0 spiro atoms. The summed E-state index contributed by atoms with van der Waals surface area (Å²) < 4.78 is 4.03. The minimum atomic E-state index is -1.02. The van der Waals surface area contributed by atoms with E-state index < -0.39 is 15.8 Å². The molecular formula is C16H20Cl2N2O3. The Labute approximate surface area is 145 Å². The van der Waals surface area contributed by atoms with E-state index in [1.54, 1.807) is 31.2 Å². The first kappa shape index (κ1) is 17.9. The van der Waals surface area contributed by atoms with Gasteiger partial charge in [-0.1, -0.05) is 19.9 Å². The molecule has 2 amide bonds. The smallest absolute Gasteiger partial charge is 0.411 e. The molecule has 1 aromatic rings. The number of halogens is 2. The summed E-state index contributed by atoms with van der Waals surface area (Å²) in [6.45, 7) is 5.97. The Bertz CT molecular complexity index is 619. The van der Waals surface area contributed by atoms with E-state index in [1.807, 2.05) is 13.8 Å². The fraction of sp³-hybridized carbons (Fsp3) is 0.500. The number of nitrogens with one attached hydrogen (secondary N) is 2. The highest BCUT2D eigenvalue weighted by Gasteiger charge is 2.67. The fourth-order valence-electron chi connectivity index (χ4n) is 1.99. The third-order valence-corrected chi connectivity index (χ3v) is 4.78. The van der Waals surface area contributed by atoms with Gasteiger partial charge in [0, 0.05) is 11.4 Å². The van der Waals surface area contributed by atoms with Gasteiger partial charge in [-0.25, -0.2) is 4.79 Å². The van der Waals surface area contributed by atoms with Crippen LogP contribution in [0.25, 0.3) is 0 Å². The summed E-state index contributed by atoms with van der Waals surface area (Å²) in [5.74, 6) is 0.0130. The van der Waals surface area contributed by atoms with Crippen LogP contribution in [0.3, 0.4) is 0 Å². The van der Waals surface area contributed by atoms with Gasteiger partial charge in [0.15, 0.2) is 0 Å². The van der Waals surface area contributed by atoms with Crippen molar-refractivity contribution in [2.75, 3.05) is 17.2 Å². The van der Waals surface area contributed by atoms with Gasteiger partial charge in [-0.05, 0) is 37.5 Å². The molecule has 1 aromatic carbocycles. The lowest BCUT2D eigenvalue weighted by Crippen LogP contribution is -2.26. The Morgan fingerprint density at radius 3 is 2.35 bits per heavy atom. The standard InChI is InChI=1S/C16H20Cl2N2O3/c1-10(2)8-23-14(22)20-12-6-4-5-11(7-12)19-13(21)15(3)9-16(15,17)18/h4-7,10H,8-9H2,1-3H3,(H,19,21)(H,20,22). The van der Waals surface area contributed by atoms with Gasteiger partial charge in [-0.2, -0.15) is 0 Å². The summed E-state index contributed by atoms with van der Waals surface area (Å²) in [7, 11) is 0. The number of ether oxygens (including phenoxy) is 1. The lowest BCUT2D eigenvalue weighted by Gasteiger charge is -2.14. The highest BCUT2D eigenvalue weighted by molar-refractivity contribution is 6.53. The van der Waals surface area contributed by atoms with Crippen LogP contribution in [0.5, 0.6) is 0 Å². The Morgan fingerprint density at radius 1 is 1.26 bits per heavy atom. The number of carbonyl (C=O) groups excluding carboxylic acids is 2. The molecule has 2 N–H and O–H groups in total. The maximum absolute atomic E-state index is 12.2. The summed E-state index contributed by atoms with van der Waals surface area (Å²) in [6.07, 6.45) is -0.120. The van der Waals surface area contributed by atoms with Crippen molar-refractivity contribution < 1.29 is 14.3 Å². The van der Waals surface area contributed by atoms with Gasteiger partial charge in [0.1, 0.15) is 4.33 Å². The molecule has 1 aliphatic rings. The molecule has 1 aliphatic carbocycles. The van der Waals surface area contributed by atoms with Crippen LogP contribution in [-0.4, -0.2) is 22.9 Å². The van der Waals surface area contributed by atoms with Crippen molar-refractivity contribution in [1.29, 1.82) is 0 Å². The van der Waals surface area contributed by atoms with Crippen LogP contribution in [0.2, 0.25) is 0 Å². The Balaban J connectivity index is 1.95. The number of hydrogen-bond donors (Lipinski definition) is 2. The summed E-state index contributed by atoms with van der Waals surface area (Å²) in [4.78, 5) is 23.9. The summed E-state index contributed by atoms with van der Waals surface area (Å²) in [6, 6.07) is 6.79. The van der Waals surface area contributed by atoms with Gasteiger partial charge in [0.2, 0.25) is 5.91 Å². The molecule has 0 aliphatic heterocycles. The molecule has 1 atom stereocenters. The molecule has 126 valence electrons. The first-order chi connectivity index (χ1) is 10.6. The zero-order valence-corrected chi connectivity index (χ0v) is 14.8. The normalized spacial score (nSPS) is 21.7. The molecule has 1 unspecified atom stereocenters. The van der Waals surface area contributed by atoms with Crippen LogP contribution >= 0.6 is 23.2 Å². The van der Waals surface area contributed by atoms with Crippen molar-refractivity contribution in [3.63, 3.8) is 0 Å². The second-order valence-corrected chi connectivity index (χ2v) is 7.85. The lowest BCUT2D eigenvalue weighted by molar-refractivity contribution is -0.120. The van der Waals surface area contributed by atoms with Gasteiger partial charge in [-0.15, -0.1) is 23.2 Å². The number of anilines is 2. The molecule has 0 aromatic heterocycles. The highest BCUT2D eigenvalue weighted by Crippen LogP contribution is 2.64. The summed E-state index contributed by atoms with van der Waals surface area (Å²) >= 11 is 12.0. The van der Waals surface area contributed by atoms with Crippen molar-refractivity contribution in [1.82, 2.24) is 0 Å². The molecule has 7 heteroatoms. The predicted octanol–water partition coefficient (Wildman–Crippen LogP) is 4.41. The lowest BCUT2D eigenvalue weighted by atomic mass is 10.1. The second kappa shape index (κ2) is 6.57. The number of rotatable bonds is 5. The molecule has 2 rings (SSSR count). The zero-order valence-electron chi connectivity index (χ0n) is 13.3. The molecule has 0 bridgehead atoms. The SMILES string of the molecule is CC(C)COC(=O)Nc1cccc(NC(=O)C2(C)CC2(Cl)Cl)c1. The van der Waals surface area contributed by atoms with Crippen LogP contribution in [0.1, 0.15) is 27.2 Å².